The van der Waals surface area contributed by atoms with E-state index in [1.165, 1.54) is 18.4 Å². The Labute approximate surface area is 167 Å². The van der Waals surface area contributed by atoms with Crippen molar-refractivity contribution in [3.8, 4) is 0 Å². The standard InChI is InChI=1S/C23H30N2O3/c1-23(2,3)28-22(27)25-13-11-17-14-18(8-9-20(17)25)21(26)24-12-10-16-6-4-5-7-19(16)15-24/h7-9,14,16H,4-6,10-13,15H2,1-3H3/t16-/m0/s1. The van der Waals surface area contributed by atoms with Crippen molar-refractivity contribution in [1.29, 1.82) is 0 Å². The fourth-order valence-corrected chi connectivity index (χ4v) is 4.54. The van der Waals surface area contributed by atoms with E-state index in [4.69, 9.17) is 4.74 Å². The predicted molar refractivity (Wildman–Crippen MR) is 110 cm³/mol. The molecule has 0 unspecified atom stereocenters. The molecule has 28 heavy (non-hydrogen) atoms. The fraction of sp³-hybridized carbons (Fsp3) is 0.565. The second-order valence-electron chi connectivity index (χ2n) is 9.15. The average Bonchev–Trinajstić information content (AvgIpc) is 3.09. The molecule has 0 spiro atoms. The highest BCUT2D eigenvalue weighted by Gasteiger charge is 2.31. The van der Waals surface area contributed by atoms with Crippen LogP contribution in [-0.4, -0.2) is 42.1 Å². The molecule has 0 aromatic heterocycles. The monoisotopic (exact) mass is 382 g/mol. The van der Waals surface area contributed by atoms with Gasteiger partial charge in [0, 0.05) is 25.2 Å². The van der Waals surface area contributed by atoms with Gasteiger partial charge in [0.1, 0.15) is 5.60 Å². The van der Waals surface area contributed by atoms with Gasteiger partial charge in [-0.05, 0) is 82.6 Å². The van der Waals surface area contributed by atoms with Crippen molar-refractivity contribution in [2.75, 3.05) is 24.5 Å². The van der Waals surface area contributed by atoms with Gasteiger partial charge in [0.25, 0.3) is 5.91 Å². The molecule has 2 amide bonds. The molecule has 1 saturated heterocycles. The summed E-state index contributed by atoms with van der Waals surface area (Å²) in [4.78, 5) is 29.2. The molecular formula is C23H30N2O3. The van der Waals surface area contributed by atoms with Gasteiger partial charge in [0.2, 0.25) is 0 Å². The molecule has 1 atom stereocenters. The van der Waals surface area contributed by atoms with E-state index in [0.717, 1.165) is 49.2 Å². The molecule has 150 valence electrons. The zero-order valence-corrected chi connectivity index (χ0v) is 17.2. The van der Waals surface area contributed by atoms with Crippen molar-refractivity contribution in [3.63, 3.8) is 0 Å². The number of benzene rings is 1. The second-order valence-corrected chi connectivity index (χ2v) is 9.15. The Kier molecular flexibility index (Phi) is 4.94. The van der Waals surface area contributed by atoms with Crippen LogP contribution in [0.3, 0.4) is 0 Å². The molecule has 3 aliphatic rings. The van der Waals surface area contributed by atoms with Crippen molar-refractivity contribution in [3.05, 3.63) is 41.0 Å². The summed E-state index contributed by atoms with van der Waals surface area (Å²) in [5.41, 5.74) is 3.56. The van der Waals surface area contributed by atoms with Gasteiger partial charge in [0.15, 0.2) is 0 Å². The lowest BCUT2D eigenvalue weighted by molar-refractivity contribution is 0.0583. The van der Waals surface area contributed by atoms with E-state index in [0.29, 0.717) is 12.5 Å². The molecular weight excluding hydrogens is 352 g/mol. The molecule has 1 aromatic rings. The first-order valence-electron chi connectivity index (χ1n) is 10.4. The summed E-state index contributed by atoms with van der Waals surface area (Å²) in [6, 6.07) is 5.71. The van der Waals surface area contributed by atoms with Crippen molar-refractivity contribution < 1.29 is 14.3 Å². The minimum absolute atomic E-state index is 0.100. The fourth-order valence-electron chi connectivity index (χ4n) is 4.54. The van der Waals surface area contributed by atoms with Crippen LogP contribution in [0.4, 0.5) is 10.5 Å². The lowest BCUT2D eigenvalue weighted by Gasteiger charge is -2.36. The molecule has 2 aliphatic heterocycles. The SMILES string of the molecule is CC(C)(C)OC(=O)N1CCc2cc(C(=O)N3CC[C@@H]4CCCC=C4C3)ccc21. The summed E-state index contributed by atoms with van der Waals surface area (Å²) < 4.78 is 5.51. The zero-order chi connectivity index (χ0) is 19.9. The van der Waals surface area contributed by atoms with E-state index in [-0.39, 0.29) is 12.0 Å². The van der Waals surface area contributed by atoms with Gasteiger partial charge >= 0.3 is 6.09 Å². The van der Waals surface area contributed by atoms with E-state index in [1.54, 1.807) is 4.90 Å². The van der Waals surface area contributed by atoms with Crippen LogP contribution in [0.15, 0.2) is 29.8 Å². The Hall–Kier alpha value is -2.30. The predicted octanol–water partition coefficient (Wildman–Crippen LogP) is 4.56. The van der Waals surface area contributed by atoms with Crippen LogP contribution in [0.25, 0.3) is 0 Å². The quantitative estimate of drug-likeness (QED) is 0.669. The Morgan fingerprint density at radius 1 is 1.14 bits per heavy atom. The largest absolute Gasteiger partial charge is 0.443 e. The van der Waals surface area contributed by atoms with Crippen LogP contribution in [0.5, 0.6) is 0 Å². The number of fused-ring (bicyclic) bond motifs is 2. The van der Waals surface area contributed by atoms with Gasteiger partial charge in [-0.1, -0.05) is 11.6 Å². The van der Waals surface area contributed by atoms with Crippen LogP contribution in [0.1, 0.15) is 62.4 Å². The first kappa shape index (κ1) is 19.0. The summed E-state index contributed by atoms with van der Waals surface area (Å²) in [5.74, 6) is 0.781. The number of anilines is 1. The maximum absolute atomic E-state index is 13.1. The number of carbonyl (C=O) groups is 2. The van der Waals surface area contributed by atoms with Crippen LogP contribution >= 0.6 is 0 Å². The van der Waals surface area contributed by atoms with Gasteiger partial charge in [0.05, 0.1) is 5.69 Å². The highest BCUT2D eigenvalue weighted by Crippen LogP contribution is 2.34. The molecule has 1 aliphatic carbocycles. The van der Waals surface area contributed by atoms with E-state index < -0.39 is 5.60 Å². The third-order valence-electron chi connectivity index (χ3n) is 5.93. The van der Waals surface area contributed by atoms with Gasteiger partial charge in [-0.15, -0.1) is 0 Å². The number of hydrogen-bond acceptors (Lipinski definition) is 3. The van der Waals surface area contributed by atoms with E-state index in [1.807, 2.05) is 43.9 Å². The number of carbonyl (C=O) groups excluding carboxylic acids is 2. The third kappa shape index (κ3) is 3.80. The smallest absolute Gasteiger partial charge is 0.414 e. The van der Waals surface area contributed by atoms with Gasteiger partial charge in [-0.2, -0.15) is 0 Å². The average molecular weight is 383 g/mol. The number of allylic oxidation sites excluding steroid dienone is 1. The highest BCUT2D eigenvalue weighted by atomic mass is 16.6. The first-order valence-corrected chi connectivity index (χ1v) is 10.4. The number of amides is 2. The zero-order valence-electron chi connectivity index (χ0n) is 17.2. The second kappa shape index (κ2) is 7.26. The van der Waals surface area contributed by atoms with E-state index >= 15 is 0 Å². The van der Waals surface area contributed by atoms with Crippen LogP contribution < -0.4 is 4.90 Å². The van der Waals surface area contributed by atoms with Gasteiger partial charge < -0.3 is 9.64 Å². The minimum Gasteiger partial charge on any atom is -0.443 e. The van der Waals surface area contributed by atoms with Gasteiger partial charge in [-0.25, -0.2) is 4.79 Å². The Balaban J connectivity index is 1.48. The van der Waals surface area contributed by atoms with E-state index in [9.17, 15) is 9.59 Å². The van der Waals surface area contributed by atoms with Crippen LogP contribution in [0, 0.1) is 5.92 Å². The van der Waals surface area contributed by atoms with Crippen molar-refractivity contribution in [2.45, 2.75) is 58.5 Å². The van der Waals surface area contributed by atoms with Crippen molar-refractivity contribution in [2.24, 2.45) is 5.92 Å². The highest BCUT2D eigenvalue weighted by molar-refractivity contribution is 5.97. The van der Waals surface area contributed by atoms with E-state index in [2.05, 4.69) is 6.08 Å². The number of rotatable bonds is 1. The Morgan fingerprint density at radius 3 is 2.75 bits per heavy atom. The Morgan fingerprint density at radius 2 is 1.96 bits per heavy atom. The summed E-state index contributed by atoms with van der Waals surface area (Å²) >= 11 is 0. The number of nitrogens with zero attached hydrogens (tertiary/aromatic N) is 2. The molecule has 1 aromatic carbocycles. The van der Waals surface area contributed by atoms with Crippen LogP contribution in [-0.2, 0) is 11.2 Å². The Bertz CT molecular complexity index is 822. The maximum Gasteiger partial charge on any atom is 0.414 e. The third-order valence-corrected chi connectivity index (χ3v) is 5.93. The first-order chi connectivity index (χ1) is 13.3. The molecule has 4 rings (SSSR count). The summed E-state index contributed by atoms with van der Waals surface area (Å²) in [7, 11) is 0. The lowest BCUT2D eigenvalue weighted by Crippen LogP contribution is -2.40. The topological polar surface area (TPSA) is 49.9 Å². The normalized spacial score (nSPS) is 21.7. The van der Waals surface area contributed by atoms with Crippen molar-refractivity contribution in [1.82, 2.24) is 4.90 Å². The molecule has 0 radical (unpaired) electrons. The van der Waals surface area contributed by atoms with Crippen LogP contribution in [0.2, 0.25) is 0 Å². The van der Waals surface area contributed by atoms with Gasteiger partial charge in [-0.3, -0.25) is 9.69 Å². The molecule has 2 heterocycles. The number of piperidine rings is 1. The molecule has 0 saturated carbocycles. The molecule has 5 nitrogen and oxygen atoms in total. The summed E-state index contributed by atoms with van der Waals surface area (Å²) in [5, 5.41) is 0. The summed E-state index contributed by atoms with van der Waals surface area (Å²) in [6.07, 6.45) is 7.55. The number of likely N-dealkylation sites (tertiary alicyclic amines) is 1. The molecule has 0 bridgehead atoms. The molecule has 1 fully saturated rings. The maximum atomic E-state index is 13.1. The number of hydrogen-bond donors (Lipinski definition) is 0. The minimum atomic E-state index is -0.518. The summed E-state index contributed by atoms with van der Waals surface area (Å²) in [6.45, 7) is 7.81. The molecule has 5 heteroatoms. The molecule has 0 N–H and O–H groups in total. The lowest BCUT2D eigenvalue weighted by atomic mass is 9.82. The van der Waals surface area contributed by atoms with Crippen molar-refractivity contribution >= 4 is 17.7 Å². The number of ether oxygens (including phenoxy) is 1.